The number of rotatable bonds is 1. The van der Waals surface area contributed by atoms with Gasteiger partial charge in [-0.05, 0) is 12.1 Å². The molecule has 0 aliphatic carbocycles. The van der Waals surface area contributed by atoms with Crippen LogP contribution in [-0.4, -0.2) is 16.9 Å². The van der Waals surface area contributed by atoms with Gasteiger partial charge in [-0.1, -0.05) is 0 Å². The van der Waals surface area contributed by atoms with Crippen LogP contribution in [0.5, 0.6) is 0 Å². The molecule has 62 valence electrons. The van der Waals surface area contributed by atoms with Crippen LogP contribution < -0.4 is 0 Å². The van der Waals surface area contributed by atoms with Crippen molar-refractivity contribution in [2.24, 2.45) is 0 Å². The Morgan fingerprint density at radius 2 is 2.25 bits per heavy atom. The van der Waals surface area contributed by atoms with Gasteiger partial charge in [-0.2, -0.15) is 0 Å². The largest absolute Gasteiger partial charge is 0.390 e. The Labute approximate surface area is 69.2 Å². The van der Waals surface area contributed by atoms with Crippen LogP contribution in [0.1, 0.15) is 17.3 Å². The van der Waals surface area contributed by atoms with E-state index in [-0.39, 0.29) is 5.56 Å². The van der Waals surface area contributed by atoms with Gasteiger partial charge >= 0.3 is 11.9 Å². The first-order valence-corrected chi connectivity index (χ1v) is 3.33. The zero-order valence-electron chi connectivity index (χ0n) is 6.48. The maximum absolute atomic E-state index is 11.0. The van der Waals surface area contributed by atoms with Gasteiger partial charge in [0.05, 0.1) is 5.56 Å². The van der Waals surface area contributed by atoms with Gasteiger partial charge in [0, 0.05) is 19.3 Å². The second kappa shape index (κ2) is 3.61. The molecule has 0 aromatic carbocycles. The molecule has 0 atom stereocenters. The van der Waals surface area contributed by atoms with Gasteiger partial charge in [-0.3, -0.25) is 9.78 Å². The summed E-state index contributed by atoms with van der Waals surface area (Å²) >= 11 is 0. The van der Waals surface area contributed by atoms with Crippen LogP contribution in [0.15, 0.2) is 24.5 Å². The fraction of sp³-hybridized carbons (Fsp3) is 0.125. The highest BCUT2D eigenvalue weighted by Gasteiger charge is 2.08. The first kappa shape index (κ1) is 8.39. The Kier molecular flexibility index (Phi) is 2.53. The minimum absolute atomic E-state index is 0.271. The maximum Gasteiger partial charge on any atom is 0.347 e. The molecule has 1 aromatic heterocycles. The molecule has 12 heavy (non-hydrogen) atoms. The van der Waals surface area contributed by atoms with Crippen molar-refractivity contribution in [3.05, 3.63) is 30.1 Å². The average Bonchev–Trinajstić information content (AvgIpc) is 2.05. The molecule has 0 radical (unpaired) electrons. The number of hydrogen-bond acceptors (Lipinski definition) is 4. The standard InChI is InChI=1S/C8H7NO3/c1-6(10)12-8(11)7-3-2-4-9-5-7/h2-5H,1H3. The van der Waals surface area contributed by atoms with E-state index in [2.05, 4.69) is 9.72 Å². The zero-order valence-corrected chi connectivity index (χ0v) is 6.48. The van der Waals surface area contributed by atoms with Gasteiger partial charge in [0.2, 0.25) is 0 Å². The van der Waals surface area contributed by atoms with E-state index in [1.807, 2.05) is 0 Å². The summed E-state index contributed by atoms with van der Waals surface area (Å²) in [7, 11) is 0. The third kappa shape index (κ3) is 2.16. The van der Waals surface area contributed by atoms with Crippen LogP contribution in [0.4, 0.5) is 0 Å². The maximum atomic E-state index is 11.0. The number of nitrogens with zero attached hydrogens (tertiary/aromatic N) is 1. The number of carbonyl (C=O) groups excluding carboxylic acids is 2. The van der Waals surface area contributed by atoms with Crippen molar-refractivity contribution in [3.63, 3.8) is 0 Å². The van der Waals surface area contributed by atoms with Crippen molar-refractivity contribution in [1.29, 1.82) is 0 Å². The van der Waals surface area contributed by atoms with Crippen molar-refractivity contribution in [3.8, 4) is 0 Å². The van der Waals surface area contributed by atoms with E-state index in [9.17, 15) is 9.59 Å². The summed E-state index contributed by atoms with van der Waals surface area (Å²) in [6, 6.07) is 3.12. The summed E-state index contributed by atoms with van der Waals surface area (Å²) in [4.78, 5) is 25.0. The van der Waals surface area contributed by atoms with E-state index in [1.165, 1.54) is 25.4 Å². The van der Waals surface area contributed by atoms with Crippen molar-refractivity contribution < 1.29 is 14.3 Å². The molecule has 0 saturated heterocycles. The smallest absolute Gasteiger partial charge is 0.347 e. The summed E-state index contributed by atoms with van der Waals surface area (Å²) in [5, 5.41) is 0. The molecule has 0 amide bonds. The van der Waals surface area contributed by atoms with Crippen LogP contribution in [-0.2, 0) is 9.53 Å². The molecular weight excluding hydrogens is 158 g/mol. The molecule has 1 heterocycles. The Bertz CT molecular complexity index is 294. The Morgan fingerprint density at radius 3 is 2.75 bits per heavy atom. The van der Waals surface area contributed by atoms with Gasteiger partial charge in [0.1, 0.15) is 0 Å². The minimum Gasteiger partial charge on any atom is -0.390 e. The van der Waals surface area contributed by atoms with Gasteiger partial charge in [-0.25, -0.2) is 4.79 Å². The molecule has 0 aliphatic heterocycles. The molecule has 0 unspecified atom stereocenters. The summed E-state index contributed by atoms with van der Waals surface area (Å²) in [5.41, 5.74) is 0.271. The first-order chi connectivity index (χ1) is 5.70. The Balaban J connectivity index is 2.73. The molecule has 0 N–H and O–H groups in total. The molecule has 0 bridgehead atoms. The third-order valence-electron chi connectivity index (χ3n) is 1.13. The number of pyridine rings is 1. The number of ether oxygens (including phenoxy) is 1. The molecule has 1 aromatic rings. The lowest BCUT2D eigenvalue weighted by molar-refractivity contribution is -0.135. The van der Waals surface area contributed by atoms with Crippen LogP contribution in [0, 0.1) is 0 Å². The molecule has 4 heteroatoms. The van der Waals surface area contributed by atoms with Crippen LogP contribution >= 0.6 is 0 Å². The Morgan fingerprint density at radius 1 is 1.50 bits per heavy atom. The topological polar surface area (TPSA) is 56.3 Å². The second-order valence-corrected chi connectivity index (χ2v) is 2.12. The highest BCUT2D eigenvalue weighted by Crippen LogP contribution is 1.98. The lowest BCUT2D eigenvalue weighted by Gasteiger charge is -1.97. The summed E-state index contributed by atoms with van der Waals surface area (Å²) < 4.78 is 4.32. The van der Waals surface area contributed by atoms with Crippen molar-refractivity contribution in [2.45, 2.75) is 6.92 Å². The van der Waals surface area contributed by atoms with E-state index in [4.69, 9.17) is 0 Å². The van der Waals surface area contributed by atoms with Gasteiger partial charge in [-0.15, -0.1) is 0 Å². The fourth-order valence-corrected chi connectivity index (χ4v) is 0.673. The number of hydrogen-bond donors (Lipinski definition) is 0. The normalized spacial score (nSPS) is 9.08. The van der Waals surface area contributed by atoms with Gasteiger partial charge < -0.3 is 4.74 Å². The summed E-state index contributed by atoms with van der Waals surface area (Å²) in [6.45, 7) is 1.17. The second-order valence-electron chi connectivity index (χ2n) is 2.12. The predicted molar refractivity (Wildman–Crippen MR) is 40.3 cm³/mol. The predicted octanol–water partition coefficient (Wildman–Crippen LogP) is 0.785. The lowest BCUT2D eigenvalue weighted by atomic mass is 10.3. The first-order valence-electron chi connectivity index (χ1n) is 3.33. The summed E-state index contributed by atoms with van der Waals surface area (Å²) in [6.07, 6.45) is 2.87. The SMILES string of the molecule is CC(=O)OC(=O)c1cccnc1. The van der Waals surface area contributed by atoms with Crippen molar-refractivity contribution in [2.75, 3.05) is 0 Å². The highest BCUT2D eigenvalue weighted by atomic mass is 16.6. The van der Waals surface area contributed by atoms with Gasteiger partial charge in [0.25, 0.3) is 0 Å². The number of aromatic nitrogens is 1. The van der Waals surface area contributed by atoms with E-state index in [0.717, 1.165) is 0 Å². The molecule has 0 saturated carbocycles. The van der Waals surface area contributed by atoms with Gasteiger partial charge in [0.15, 0.2) is 0 Å². The van der Waals surface area contributed by atoms with E-state index >= 15 is 0 Å². The van der Waals surface area contributed by atoms with Crippen LogP contribution in [0.3, 0.4) is 0 Å². The fourth-order valence-electron chi connectivity index (χ4n) is 0.673. The van der Waals surface area contributed by atoms with E-state index < -0.39 is 11.9 Å². The van der Waals surface area contributed by atoms with E-state index in [0.29, 0.717) is 0 Å². The summed E-state index contributed by atoms with van der Waals surface area (Å²) in [5.74, 6) is -1.29. The van der Waals surface area contributed by atoms with Crippen LogP contribution in [0.25, 0.3) is 0 Å². The Hall–Kier alpha value is -1.71. The number of carbonyl (C=O) groups is 2. The molecule has 4 nitrogen and oxygen atoms in total. The molecule has 0 spiro atoms. The zero-order chi connectivity index (χ0) is 8.97. The molecular formula is C8H7NO3. The monoisotopic (exact) mass is 165 g/mol. The third-order valence-corrected chi connectivity index (χ3v) is 1.13. The lowest BCUT2D eigenvalue weighted by Crippen LogP contribution is -2.09. The highest BCUT2D eigenvalue weighted by molar-refractivity contribution is 5.95. The van der Waals surface area contributed by atoms with Crippen molar-refractivity contribution >= 4 is 11.9 Å². The molecule has 0 fully saturated rings. The number of esters is 2. The molecule has 1 rings (SSSR count). The quantitative estimate of drug-likeness (QED) is 0.456. The minimum atomic E-state index is -0.671. The molecule has 0 aliphatic rings. The average molecular weight is 165 g/mol. The van der Waals surface area contributed by atoms with E-state index in [1.54, 1.807) is 6.07 Å². The van der Waals surface area contributed by atoms with Crippen molar-refractivity contribution in [1.82, 2.24) is 4.98 Å². The van der Waals surface area contributed by atoms with Crippen LogP contribution in [0.2, 0.25) is 0 Å².